The van der Waals surface area contributed by atoms with Crippen molar-refractivity contribution >= 4 is 0 Å². The molecule has 2 atom stereocenters. The third kappa shape index (κ3) is 4.31. The molecule has 1 rings (SSSR count). The van der Waals surface area contributed by atoms with Crippen LogP contribution in [0, 0.1) is 0 Å². The largest absolute Gasteiger partial charge is 0.392 e. The maximum Gasteiger partial charge on any atom is 0.0638 e. The molecule has 0 aliphatic heterocycles. The van der Waals surface area contributed by atoms with Crippen molar-refractivity contribution in [2.45, 2.75) is 18.9 Å². The fourth-order valence-corrected chi connectivity index (χ4v) is 1.94. The van der Waals surface area contributed by atoms with E-state index < -0.39 is 0 Å². The number of benzene rings is 1. The smallest absolute Gasteiger partial charge is 0.0638 e. The normalized spacial score (nSPS) is 15.1. The van der Waals surface area contributed by atoms with Gasteiger partial charge in [-0.3, -0.25) is 0 Å². The van der Waals surface area contributed by atoms with Crippen LogP contribution in [-0.4, -0.2) is 42.8 Å². The SMILES string of the molecule is CC(O)CN(C)CC(CN)c1ccccc1. The van der Waals surface area contributed by atoms with E-state index in [-0.39, 0.29) is 6.10 Å². The summed E-state index contributed by atoms with van der Waals surface area (Å²) in [6, 6.07) is 10.3. The molecule has 1 aromatic rings. The minimum absolute atomic E-state index is 0.292. The molecule has 0 fully saturated rings. The molecule has 3 nitrogen and oxygen atoms in total. The lowest BCUT2D eigenvalue weighted by molar-refractivity contribution is 0.138. The van der Waals surface area contributed by atoms with Gasteiger partial charge < -0.3 is 15.7 Å². The zero-order valence-corrected chi connectivity index (χ0v) is 10.1. The standard InChI is InChI=1S/C13H22N2O/c1-11(16)9-15(2)10-13(8-14)12-6-4-3-5-7-12/h3-7,11,13,16H,8-10,14H2,1-2H3. The Hall–Kier alpha value is -0.900. The zero-order chi connectivity index (χ0) is 12.0. The van der Waals surface area contributed by atoms with Crippen molar-refractivity contribution in [3.63, 3.8) is 0 Å². The molecule has 0 aliphatic rings. The molecule has 2 unspecified atom stereocenters. The average Bonchev–Trinajstić information content (AvgIpc) is 2.26. The minimum atomic E-state index is -0.292. The predicted molar refractivity (Wildman–Crippen MR) is 67.4 cm³/mol. The summed E-state index contributed by atoms with van der Waals surface area (Å²) < 4.78 is 0. The van der Waals surface area contributed by atoms with E-state index in [4.69, 9.17) is 5.73 Å². The molecule has 3 heteroatoms. The number of rotatable bonds is 6. The van der Waals surface area contributed by atoms with E-state index >= 15 is 0 Å². The van der Waals surface area contributed by atoms with Crippen molar-refractivity contribution in [1.82, 2.24) is 4.90 Å². The summed E-state index contributed by atoms with van der Waals surface area (Å²) in [5.74, 6) is 0.338. The number of nitrogens with zero attached hydrogens (tertiary/aromatic N) is 1. The number of hydrogen-bond donors (Lipinski definition) is 2. The molecule has 0 heterocycles. The monoisotopic (exact) mass is 222 g/mol. The molecule has 0 amide bonds. The summed E-state index contributed by atoms with van der Waals surface area (Å²) in [4.78, 5) is 2.12. The van der Waals surface area contributed by atoms with Crippen LogP contribution in [0.3, 0.4) is 0 Å². The maximum absolute atomic E-state index is 9.31. The Labute approximate surface area is 97.9 Å². The van der Waals surface area contributed by atoms with Crippen molar-refractivity contribution in [3.8, 4) is 0 Å². The summed E-state index contributed by atoms with van der Waals surface area (Å²) >= 11 is 0. The van der Waals surface area contributed by atoms with Gasteiger partial charge in [0.15, 0.2) is 0 Å². The average molecular weight is 222 g/mol. The van der Waals surface area contributed by atoms with Gasteiger partial charge in [-0.25, -0.2) is 0 Å². The lowest BCUT2D eigenvalue weighted by Gasteiger charge is -2.24. The molecule has 0 bridgehead atoms. The Morgan fingerprint density at radius 2 is 1.88 bits per heavy atom. The van der Waals surface area contributed by atoms with Crippen molar-refractivity contribution in [3.05, 3.63) is 35.9 Å². The van der Waals surface area contributed by atoms with E-state index in [0.717, 1.165) is 6.54 Å². The van der Waals surface area contributed by atoms with Gasteiger partial charge in [0.25, 0.3) is 0 Å². The molecule has 0 radical (unpaired) electrons. The molecule has 90 valence electrons. The third-order valence-electron chi connectivity index (χ3n) is 2.66. The molecule has 0 aliphatic carbocycles. The Morgan fingerprint density at radius 1 is 1.25 bits per heavy atom. The predicted octanol–water partition coefficient (Wildman–Crippen LogP) is 1.04. The first-order chi connectivity index (χ1) is 7.63. The van der Waals surface area contributed by atoms with Crippen molar-refractivity contribution in [2.75, 3.05) is 26.7 Å². The summed E-state index contributed by atoms with van der Waals surface area (Å²) in [7, 11) is 2.01. The Balaban J connectivity index is 2.56. The molecular weight excluding hydrogens is 200 g/mol. The van der Waals surface area contributed by atoms with Crippen molar-refractivity contribution in [2.24, 2.45) is 5.73 Å². The molecule has 3 N–H and O–H groups in total. The van der Waals surface area contributed by atoms with Crippen LogP contribution in [0.15, 0.2) is 30.3 Å². The number of aliphatic hydroxyl groups is 1. The second-order valence-corrected chi connectivity index (χ2v) is 4.41. The van der Waals surface area contributed by atoms with Gasteiger partial charge in [0.05, 0.1) is 6.10 Å². The molecule has 0 saturated heterocycles. The highest BCUT2D eigenvalue weighted by atomic mass is 16.3. The highest BCUT2D eigenvalue weighted by molar-refractivity contribution is 5.20. The molecule has 1 aromatic carbocycles. The van der Waals surface area contributed by atoms with Crippen LogP contribution in [0.5, 0.6) is 0 Å². The lowest BCUT2D eigenvalue weighted by Crippen LogP contribution is -2.33. The van der Waals surface area contributed by atoms with Gasteiger partial charge in [-0.2, -0.15) is 0 Å². The summed E-state index contributed by atoms with van der Waals surface area (Å²) in [6.45, 7) is 4.00. The molecule has 0 aromatic heterocycles. The van der Waals surface area contributed by atoms with E-state index in [1.165, 1.54) is 5.56 Å². The van der Waals surface area contributed by atoms with E-state index in [9.17, 15) is 5.11 Å². The van der Waals surface area contributed by atoms with Gasteiger partial charge >= 0.3 is 0 Å². The molecular formula is C13H22N2O. The van der Waals surface area contributed by atoms with E-state index in [2.05, 4.69) is 17.0 Å². The van der Waals surface area contributed by atoms with Crippen LogP contribution in [0.2, 0.25) is 0 Å². The number of aliphatic hydroxyl groups excluding tert-OH is 1. The van der Waals surface area contributed by atoms with Crippen molar-refractivity contribution in [1.29, 1.82) is 0 Å². The van der Waals surface area contributed by atoms with Gasteiger partial charge in [0.2, 0.25) is 0 Å². The van der Waals surface area contributed by atoms with Crippen LogP contribution in [0.1, 0.15) is 18.4 Å². The first-order valence-electron chi connectivity index (χ1n) is 5.75. The van der Waals surface area contributed by atoms with Crippen LogP contribution in [0.25, 0.3) is 0 Å². The quantitative estimate of drug-likeness (QED) is 0.756. The fraction of sp³-hybridized carbons (Fsp3) is 0.538. The Morgan fingerprint density at radius 3 is 2.38 bits per heavy atom. The van der Waals surface area contributed by atoms with Crippen LogP contribution in [-0.2, 0) is 0 Å². The second-order valence-electron chi connectivity index (χ2n) is 4.41. The van der Waals surface area contributed by atoms with Crippen LogP contribution in [0.4, 0.5) is 0 Å². The summed E-state index contributed by atoms with van der Waals surface area (Å²) in [5.41, 5.74) is 7.06. The molecule has 0 saturated carbocycles. The second kappa shape index (κ2) is 6.63. The number of likely N-dealkylation sites (N-methyl/N-ethyl adjacent to an activating group) is 1. The zero-order valence-electron chi connectivity index (χ0n) is 10.1. The topological polar surface area (TPSA) is 49.5 Å². The van der Waals surface area contributed by atoms with E-state index in [1.807, 2.05) is 25.2 Å². The van der Waals surface area contributed by atoms with Crippen LogP contribution < -0.4 is 5.73 Å². The first-order valence-corrected chi connectivity index (χ1v) is 5.75. The van der Waals surface area contributed by atoms with Gasteiger partial charge in [0, 0.05) is 25.6 Å². The summed E-state index contributed by atoms with van der Waals surface area (Å²) in [6.07, 6.45) is -0.292. The molecule has 16 heavy (non-hydrogen) atoms. The highest BCUT2D eigenvalue weighted by Gasteiger charge is 2.12. The van der Waals surface area contributed by atoms with Crippen LogP contribution >= 0.6 is 0 Å². The Kier molecular flexibility index (Phi) is 5.46. The van der Waals surface area contributed by atoms with Gasteiger partial charge in [-0.05, 0) is 19.5 Å². The summed E-state index contributed by atoms with van der Waals surface area (Å²) in [5, 5.41) is 9.31. The minimum Gasteiger partial charge on any atom is -0.392 e. The maximum atomic E-state index is 9.31. The van der Waals surface area contributed by atoms with E-state index in [1.54, 1.807) is 6.92 Å². The fourth-order valence-electron chi connectivity index (χ4n) is 1.94. The van der Waals surface area contributed by atoms with Crippen molar-refractivity contribution < 1.29 is 5.11 Å². The number of hydrogen-bond acceptors (Lipinski definition) is 3. The molecule has 0 spiro atoms. The van der Waals surface area contributed by atoms with Gasteiger partial charge in [-0.1, -0.05) is 30.3 Å². The van der Waals surface area contributed by atoms with Gasteiger partial charge in [-0.15, -0.1) is 0 Å². The van der Waals surface area contributed by atoms with E-state index in [0.29, 0.717) is 19.0 Å². The Bertz CT molecular complexity index is 287. The lowest BCUT2D eigenvalue weighted by atomic mass is 9.99. The highest BCUT2D eigenvalue weighted by Crippen LogP contribution is 2.15. The third-order valence-corrected chi connectivity index (χ3v) is 2.66. The van der Waals surface area contributed by atoms with Gasteiger partial charge in [0.1, 0.15) is 0 Å². The first kappa shape index (κ1) is 13.2. The number of nitrogens with two attached hydrogens (primary N) is 1.